The van der Waals surface area contributed by atoms with Gasteiger partial charge in [-0.1, -0.05) is 122 Å². The number of amides is 8. The van der Waals surface area contributed by atoms with E-state index in [1.54, 1.807) is 12.3 Å². The first-order valence-corrected chi connectivity index (χ1v) is 29.9. The number of nitrogens with zero attached hydrogens (tertiary/aromatic N) is 1. The molecule has 3 heterocycles. The van der Waals surface area contributed by atoms with Crippen molar-refractivity contribution in [2.24, 2.45) is 5.73 Å². The average molecular weight is 1170 g/mol. The number of para-hydroxylation sites is 1. The number of nitrogens with one attached hydrogen (secondary N) is 12. The van der Waals surface area contributed by atoms with E-state index in [1.165, 1.54) is 19.4 Å². The fourth-order valence-corrected chi connectivity index (χ4v) is 11.6. The van der Waals surface area contributed by atoms with Gasteiger partial charge in [-0.15, -0.1) is 0 Å². The van der Waals surface area contributed by atoms with E-state index in [2.05, 4.69) is 62.8 Å². The highest BCUT2D eigenvalue weighted by atomic mass is 33.1. The molecular formula is C56H74N14O10S2. The summed E-state index contributed by atoms with van der Waals surface area (Å²) in [5.74, 6) is -8.27. The van der Waals surface area contributed by atoms with Crippen molar-refractivity contribution in [3.63, 3.8) is 0 Å². The second-order valence-electron chi connectivity index (χ2n) is 20.1. The van der Waals surface area contributed by atoms with Crippen molar-refractivity contribution in [1.29, 1.82) is 5.41 Å². The number of rotatable bonds is 20. The monoisotopic (exact) mass is 1170 g/mol. The first kappa shape index (κ1) is 63.1. The maximum Gasteiger partial charge on any atom is 0.327 e. The zero-order chi connectivity index (χ0) is 59.1. The highest BCUT2D eigenvalue weighted by Gasteiger charge is 2.36. The number of hydrogen-bond acceptors (Lipinski definition) is 13. The van der Waals surface area contributed by atoms with Gasteiger partial charge in [0.1, 0.15) is 48.3 Å². The molecule has 1 aliphatic rings. The number of aromatic nitrogens is 3. The number of carboxylic acid groups (broad SMARTS) is 1. The molecule has 8 atom stereocenters. The first-order chi connectivity index (χ1) is 39.4. The molecule has 24 nitrogen and oxygen atoms in total. The van der Waals surface area contributed by atoms with Crippen LogP contribution < -0.4 is 53.6 Å². The molecule has 0 spiro atoms. The Hall–Kier alpha value is -8.13. The Morgan fingerprint density at radius 1 is 0.707 bits per heavy atom. The number of carboxylic acids is 1. The van der Waals surface area contributed by atoms with E-state index in [4.69, 9.17) is 11.1 Å². The summed E-state index contributed by atoms with van der Waals surface area (Å²) in [5, 5.41) is 45.2. The van der Waals surface area contributed by atoms with E-state index in [0.29, 0.717) is 42.5 Å². The Morgan fingerprint density at radius 3 is 1.96 bits per heavy atom. The molecule has 1 saturated heterocycles. The van der Waals surface area contributed by atoms with Crippen molar-refractivity contribution in [3.8, 4) is 0 Å². The van der Waals surface area contributed by atoms with Crippen LogP contribution in [0.5, 0.6) is 0 Å². The maximum absolute atomic E-state index is 15.1. The Balaban J connectivity index is 1.44. The van der Waals surface area contributed by atoms with Gasteiger partial charge >= 0.3 is 5.97 Å². The van der Waals surface area contributed by atoms with Crippen LogP contribution in [0, 0.1) is 5.41 Å². The molecule has 6 rings (SSSR count). The first-order valence-electron chi connectivity index (χ1n) is 27.4. The normalized spacial score (nSPS) is 21.4. The van der Waals surface area contributed by atoms with Crippen LogP contribution in [0.4, 0.5) is 0 Å². The molecule has 82 heavy (non-hydrogen) atoms. The van der Waals surface area contributed by atoms with Crippen LogP contribution in [0.15, 0.2) is 85.5 Å². The van der Waals surface area contributed by atoms with Crippen LogP contribution in [-0.2, 0) is 62.4 Å². The minimum absolute atomic E-state index is 0.0732. The van der Waals surface area contributed by atoms with Crippen molar-refractivity contribution in [1.82, 2.24) is 62.8 Å². The zero-order valence-electron chi connectivity index (χ0n) is 46.1. The third kappa shape index (κ3) is 19.3. The minimum Gasteiger partial charge on any atom is -0.480 e. The molecule has 0 unspecified atom stereocenters. The summed E-state index contributed by atoms with van der Waals surface area (Å²) < 4.78 is 0. The van der Waals surface area contributed by atoms with Gasteiger partial charge < -0.3 is 68.7 Å². The van der Waals surface area contributed by atoms with Crippen molar-refractivity contribution in [2.45, 2.75) is 140 Å². The fraction of sp³-hybridized carbons (Fsp3) is 0.446. The number of benzene rings is 3. The smallest absolute Gasteiger partial charge is 0.327 e. The number of imidazole rings is 1. The summed E-state index contributed by atoms with van der Waals surface area (Å²) in [6.07, 6.45) is 6.87. The number of H-pyrrole nitrogens is 2. The third-order valence-corrected chi connectivity index (χ3v) is 16.1. The van der Waals surface area contributed by atoms with E-state index >= 15 is 4.79 Å². The number of carbonyl (C=O) groups is 9. The number of aromatic amines is 2. The Bertz CT molecular complexity index is 3030. The van der Waals surface area contributed by atoms with Gasteiger partial charge in [-0.25, -0.2) is 9.78 Å². The van der Waals surface area contributed by atoms with Gasteiger partial charge in [0, 0.05) is 67.5 Å². The van der Waals surface area contributed by atoms with Crippen LogP contribution in [0.1, 0.15) is 89.0 Å². The van der Waals surface area contributed by atoms with E-state index in [1.807, 2.05) is 74.5 Å². The van der Waals surface area contributed by atoms with Crippen LogP contribution in [-0.4, -0.2) is 146 Å². The van der Waals surface area contributed by atoms with Crippen LogP contribution in [0.3, 0.4) is 0 Å². The molecule has 2 aromatic heterocycles. The zero-order valence-corrected chi connectivity index (χ0v) is 47.7. The van der Waals surface area contributed by atoms with Gasteiger partial charge in [0.2, 0.25) is 47.3 Å². The maximum atomic E-state index is 15.1. The number of aliphatic carboxylic acids is 1. The molecule has 26 heteroatoms. The number of guanidine groups is 1. The number of carbonyl (C=O) groups excluding carboxylic acids is 8. The standard InChI is InChI=1S/C56H74N14O10S2/c1-4-6-16-40(63-32(3)71)48(72)69-46-29-81-82-30-47(55(79)80)70-50(74)41(17-7-5-2)64-52(76)44(25-36-27-61-39-18-11-10-15-38(36)39)67-49(73)42(19-12-22-60-56(57)58)65-51(75)43(24-33-20-21-34-13-8-9-14-35(34)23-33)66-53(77)45(68-54(46)78)26-37-28-59-31-62-37/h8-11,13-15,18,20-21,23,27-28,31,40-47,61H,4-7,12,16-17,19,22,24-26,29-30H2,1-3H3,(H,59,62)(H,63,71)(H,64,76)(H,65,75)(H,66,77)(H,67,73)(H,68,78)(H,69,72)(H,70,74)(H,79,80)(H4,57,58,60)/t40-,41-,42-,43+,44-,45-,46-,47-/m0/s1. The number of hydrogen-bond donors (Lipinski definition) is 14. The second kappa shape index (κ2) is 31.8. The highest BCUT2D eigenvalue weighted by Crippen LogP contribution is 2.25. The second-order valence-corrected chi connectivity index (χ2v) is 22.6. The Morgan fingerprint density at radius 2 is 1.30 bits per heavy atom. The fourth-order valence-electron chi connectivity index (χ4n) is 9.26. The topological polar surface area (TPSA) is 376 Å². The largest absolute Gasteiger partial charge is 0.480 e. The van der Waals surface area contributed by atoms with E-state index in [9.17, 15) is 43.5 Å². The molecule has 0 bridgehead atoms. The summed E-state index contributed by atoms with van der Waals surface area (Å²) in [7, 11) is 1.98. The lowest BCUT2D eigenvalue weighted by atomic mass is 9.99. The number of nitrogens with two attached hydrogens (primary N) is 1. The molecule has 0 radical (unpaired) electrons. The van der Waals surface area contributed by atoms with Gasteiger partial charge in [0.25, 0.3) is 0 Å². The SMILES string of the molecule is CCCC[C@H](NC(C)=O)C(=O)N[C@H]1CSSC[C@@H](C(=O)O)NC(=O)[C@H](CCCC)NC(=O)[C@H](Cc2c[nH]c3ccccc23)NC(=O)[C@H](CCCNC(=N)N)NC(=O)[C@@H](Cc2ccc3ccccc3c2)NC(=O)[C@H](Cc2c[nH]cn2)NC1=O. The van der Waals surface area contributed by atoms with E-state index < -0.39 is 102 Å². The molecule has 1 aliphatic heterocycles. The lowest BCUT2D eigenvalue weighted by molar-refractivity contribution is -0.141. The van der Waals surface area contributed by atoms with Crippen LogP contribution >= 0.6 is 21.6 Å². The molecule has 0 saturated carbocycles. The van der Waals surface area contributed by atoms with Gasteiger partial charge in [-0.2, -0.15) is 0 Å². The van der Waals surface area contributed by atoms with E-state index in [-0.39, 0.29) is 69.0 Å². The van der Waals surface area contributed by atoms with Crippen LogP contribution in [0.25, 0.3) is 21.7 Å². The minimum atomic E-state index is -1.51. The van der Waals surface area contributed by atoms with Gasteiger partial charge in [-0.3, -0.25) is 43.8 Å². The van der Waals surface area contributed by atoms with Crippen molar-refractivity contribution >= 4 is 102 Å². The molecule has 3 aromatic carbocycles. The summed E-state index contributed by atoms with van der Waals surface area (Å²) >= 11 is 0. The quantitative estimate of drug-likeness (QED) is 0.0230. The van der Waals surface area contributed by atoms with Gasteiger partial charge in [0.15, 0.2) is 5.96 Å². The molecule has 8 amide bonds. The van der Waals surface area contributed by atoms with Crippen molar-refractivity contribution in [2.75, 3.05) is 18.1 Å². The van der Waals surface area contributed by atoms with Gasteiger partial charge in [0.05, 0.1) is 12.0 Å². The molecule has 15 N–H and O–H groups in total. The third-order valence-electron chi connectivity index (χ3n) is 13.7. The summed E-state index contributed by atoms with van der Waals surface area (Å²) in [5.41, 5.74) is 7.93. The average Bonchev–Trinajstić information content (AvgIpc) is 4.32. The lowest BCUT2D eigenvalue weighted by Crippen LogP contribution is -2.61. The van der Waals surface area contributed by atoms with Crippen molar-refractivity contribution in [3.05, 3.63) is 102 Å². The predicted octanol–water partition coefficient (Wildman–Crippen LogP) is 2.09. The Labute approximate surface area is 482 Å². The Kier molecular flexibility index (Phi) is 24.4. The van der Waals surface area contributed by atoms with Crippen molar-refractivity contribution < 1.29 is 48.3 Å². The molecular weight excluding hydrogens is 1090 g/mol. The number of unbranched alkanes of at least 4 members (excludes halogenated alkanes) is 2. The number of fused-ring (bicyclic) bond motifs is 2. The predicted molar refractivity (Wildman–Crippen MR) is 314 cm³/mol. The van der Waals surface area contributed by atoms with Gasteiger partial charge in [-0.05, 0) is 53.6 Å². The highest BCUT2D eigenvalue weighted by molar-refractivity contribution is 8.76. The molecule has 5 aromatic rings. The summed E-state index contributed by atoms with van der Waals surface area (Å²) in [6.45, 7) is 5.15. The summed E-state index contributed by atoms with van der Waals surface area (Å²) in [6, 6.07) is 9.51. The summed E-state index contributed by atoms with van der Waals surface area (Å²) in [4.78, 5) is 138. The van der Waals surface area contributed by atoms with E-state index in [0.717, 1.165) is 43.3 Å². The molecule has 0 aliphatic carbocycles. The van der Waals surface area contributed by atoms with Crippen LogP contribution in [0.2, 0.25) is 0 Å². The molecule has 440 valence electrons. The molecule has 1 fully saturated rings. The lowest BCUT2D eigenvalue weighted by Gasteiger charge is -2.28.